The van der Waals surface area contributed by atoms with Crippen molar-refractivity contribution in [2.75, 3.05) is 42.9 Å². The molecule has 0 saturated carbocycles. The van der Waals surface area contributed by atoms with E-state index in [9.17, 15) is 4.79 Å². The number of rotatable bonds is 4. The van der Waals surface area contributed by atoms with Gasteiger partial charge in [0.2, 0.25) is 5.91 Å². The van der Waals surface area contributed by atoms with Crippen molar-refractivity contribution in [3.05, 3.63) is 57.5 Å². The maximum absolute atomic E-state index is 12.2. The Kier molecular flexibility index (Phi) is 5.99. The van der Waals surface area contributed by atoms with E-state index in [-0.39, 0.29) is 5.91 Å². The normalized spacial score (nSPS) is 15.2. The molecular formula is C19H21BrClN3O. The molecule has 0 spiro atoms. The van der Waals surface area contributed by atoms with Gasteiger partial charge in [0, 0.05) is 47.0 Å². The first-order valence-electron chi connectivity index (χ1n) is 8.30. The lowest BCUT2D eigenvalue weighted by Gasteiger charge is -2.36. The first kappa shape index (κ1) is 18.2. The average molecular weight is 423 g/mol. The minimum Gasteiger partial charge on any atom is -0.369 e. The largest absolute Gasteiger partial charge is 0.369 e. The second kappa shape index (κ2) is 8.21. The molecule has 0 bridgehead atoms. The van der Waals surface area contributed by atoms with Gasteiger partial charge in [0.25, 0.3) is 0 Å². The fourth-order valence-electron chi connectivity index (χ4n) is 3.01. The number of halogens is 2. The highest BCUT2D eigenvalue weighted by molar-refractivity contribution is 9.10. The third kappa shape index (κ3) is 4.97. The van der Waals surface area contributed by atoms with Crippen LogP contribution in [0.15, 0.2) is 46.9 Å². The smallest absolute Gasteiger partial charge is 0.238 e. The van der Waals surface area contributed by atoms with Gasteiger partial charge >= 0.3 is 0 Å². The number of amides is 1. The SMILES string of the molecule is Cc1ccc(Cl)cc1N1CCN(CC(=O)Nc2ccc(Br)cc2)CC1. The fourth-order valence-corrected chi connectivity index (χ4v) is 3.44. The maximum Gasteiger partial charge on any atom is 0.238 e. The highest BCUT2D eigenvalue weighted by atomic mass is 79.9. The number of hydrogen-bond acceptors (Lipinski definition) is 3. The molecule has 0 radical (unpaired) electrons. The second-order valence-corrected chi connectivity index (χ2v) is 7.60. The zero-order valence-electron chi connectivity index (χ0n) is 14.1. The number of nitrogens with one attached hydrogen (secondary N) is 1. The van der Waals surface area contributed by atoms with Gasteiger partial charge in [-0.05, 0) is 48.9 Å². The van der Waals surface area contributed by atoms with Crippen LogP contribution < -0.4 is 10.2 Å². The van der Waals surface area contributed by atoms with Crippen molar-refractivity contribution in [1.29, 1.82) is 0 Å². The van der Waals surface area contributed by atoms with Crippen LogP contribution in [0.2, 0.25) is 5.02 Å². The Morgan fingerprint density at radius 1 is 1.12 bits per heavy atom. The summed E-state index contributed by atoms with van der Waals surface area (Å²) < 4.78 is 0.998. The van der Waals surface area contributed by atoms with Crippen LogP contribution in [0.5, 0.6) is 0 Å². The monoisotopic (exact) mass is 421 g/mol. The van der Waals surface area contributed by atoms with Crippen LogP contribution in [0.3, 0.4) is 0 Å². The molecule has 2 aromatic carbocycles. The molecule has 1 fully saturated rings. The second-order valence-electron chi connectivity index (χ2n) is 6.25. The lowest BCUT2D eigenvalue weighted by Crippen LogP contribution is -2.48. The molecule has 1 saturated heterocycles. The third-order valence-corrected chi connectivity index (χ3v) is 5.14. The standard InChI is InChI=1S/C19H21BrClN3O/c1-14-2-5-16(21)12-18(14)24-10-8-23(9-11-24)13-19(25)22-17-6-3-15(20)4-7-17/h2-7,12H,8-11,13H2,1H3,(H,22,25). The van der Waals surface area contributed by atoms with E-state index in [1.165, 1.54) is 11.3 Å². The number of aryl methyl sites for hydroxylation is 1. The van der Waals surface area contributed by atoms with Gasteiger partial charge in [0.1, 0.15) is 0 Å². The predicted molar refractivity (Wildman–Crippen MR) is 108 cm³/mol. The number of piperazine rings is 1. The van der Waals surface area contributed by atoms with Crippen LogP contribution in [0.25, 0.3) is 0 Å². The van der Waals surface area contributed by atoms with Gasteiger partial charge in [-0.1, -0.05) is 33.6 Å². The number of carbonyl (C=O) groups is 1. The molecule has 0 atom stereocenters. The van der Waals surface area contributed by atoms with Crippen molar-refractivity contribution in [2.24, 2.45) is 0 Å². The van der Waals surface area contributed by atoms with Crippen molar-refractivity contribution in [3.8, 4) is 0 Å². The molecule has 1 amide bonds. The van der Waals surface area contributed by atoms with Crippen LogP contribution >= 0.6 is 27.5 Å². The summed E-state index contributed by atoms with van der Waals surface area (Å²) in [5.41, 5.74) is 3.23. The minimum atomic E-state index is 0.0229. The van der Waals surface area contributed by atoms with Gasteiger partial charge in [0.15, 0.2) is 0 Å². The van der Waals surface area contributed by atoms with Gasteiger partial charge in [-0.3, -0.25) is 9.69 Å². The van der Waals surface area contributed by atoms with Crippen molar-refractivity contribution in [3.63, 3.8) is 0 Å². The molecule has 0 unspecified atom stereocenters. The molecule has 0 aromatic heterocycles. The molecule has 25 heavy (non-hydrogen) atoms. The van der Waals surface area contributed by atoms with Crippen molar-refractivity contribution >= 4 is 44.8 Å². The van der Waals surface area contributed by atoms with E-state index in [4.69, 9.17) is 11.6 Å². The summed E-state index contributed by atoms with van der Waals surface area (Å²) in [4.78, 5) is 16.7. The van der Waals surface area contributed by atoms with Gasteiger partial charge in [0.05, 0.1) is 6.54 Å². The topological polar surface area (TPSA) is 35.6 Å². The molecule has 1 N–H and O–H groups in total. The van der Waals surface area contributed by atoms with Crippen LogP contribution in [0, 0.1) is 6.92 Å². The zero-order chi connectivity index (χ0) is 17.8. The molecule has 1 aliphatic heterocycles. The molecule has 2 aromatic rings. The molecule has 3 rings (SSSR count). The van der Waals surface area contributed by atoms with Gasteiger partial charge in [-0.2, -0.15) is 0 Å². The first-order valence-corrected chi connectivity index (χ1v) is 9.47. The predicted octanol–water partition coefficient (Wildman–Crippen LogP) is 4.17. The molecular weight excluding hydrogens is 402 g/mol. The van der Waals surface area contributed by atoms with E-state index in [2.05, 4.69) is 44.0 Å². The number of anilines is 2. The van der Waals surface area contributed by atoms with Crippen LogP contribution in [0.1, 0.15) is 5.56 Å². The van der Waals surface area contributed by atoms with Crippen molar-refractivity contribution < 1.29 is 4.79 Å². The summed E-state index contributed by atoms with van der Waals surface area (Å²) >= 11 is 9.52. The molecule has 4 nitrogen and oxygen atoms in total. The molecule has 132 valence electrons. The Labute approximate surface area is 161 Å². The lowest BCUT2D eigenvalue weighted by atomic mass is 10.1. The van der Waals surface area contributed by atoms with Crippen LogP contribution in [0.4, 0.5) is 11.4 Å². The fraction of sp³-hybridized carbons (Fsp3) is 0.316. The summed E-state index contributed by atoms with van der Waals surface area (Å²) in [6.07, 6.45) is 0. The van der Waals surface area contributed by atoms with Gasteiger partial charge in [-0.15, -0.1) is 0 Å². The van der Waals surface area contributed by atoms with Crippen LogP contribution in [-0.2, 0) is 4.79 Å². The summed E-state index contributed by atoms with van der Waals surface area (Å²) in [7, 11) is 0. The highest BCUT2D eigenvalue weighted by Crippen LogP contribution is 2.25. The van der Waals surface area contributed by atoms with E-state index >= 15 is 0 Å². The summed E-state index contributed by atoms with van der Waals surface area (Å²) in [6.45, 7) is 6.03. The lowest BCUT2D eigenvalue weighted by molar-refractivity contribution is -0.117. The zero-order valence-corrected chi connectivity index (χ0v) is 16.5. The quantitative estimate of drug-likeness (QED) is 0.803. The minimum absolute atomic E-state index is 0.0229. The molecule has 6 heteroatoms. The summed E-state index contributed by atoms with van der Waals surface area (Å²) in [5, 5.41) is 3.70. The van der Waals surface area contributed by atoms with E-state index in [0.29, 0.717) is 6.54 Å². The maximum atomic E-state index is 12.2. The molecule has 1 heterocycles. The summed E-state index contributed by atoms with van der Waals surface area (Å²) in [5.74, 6) is 0.0229. The Morgan fingerprint density at radius 2 is 1.80 bits per heavy atom. The van der Waals surface area contributed by atoms with Crippen molar-refractivity contribution in [2.45, 2.75) is 6.92 Å². The number of carbonyl (C=O) groups excluding carboxylic acids is 1. The number of hydrogen-bond donors (Lipinski definition) is 1. The van der Waals surface area contributed by atoms with Gasteiger partial charge < -0.3 is 10.2 Å². The molecule has 0 aliphatic carbocycles. The number of benzene rings is 2. The Morgan fingerprint density at radius 3 is 2.48 bits per heavy atom. The van der Waals surface area contributed by atoms with E-state index in [1.807, 2.05) is 36.4 Å². The van der Waals surface area contributed by atoms with Gasteiger partial charge in [-0.25, -0.2) is 0 Å². The average Bonchev–Trinajstić information content (AvgIpc) is 2.60. The van der Waals surface area contributed by atoms with Crippen molar-refractivity contribution in [1.82, 2.24) is 4.90 Å². The van der Waals surface area contributed by atoms with Crippen LogP contribution in [-0.4, -0.2) is 43.5 Å². The van der Waals surface area contributed by atoms with E-state index in [0.717, 1.165) is 41.4 Å². The summed E-state index contributed by atoms with van der Waals surface area (Å²) in [6, 6.07) is 13.6. The van der Waals surface area contributed by atoms with E-state index in [1.54, 1.807) is 0 Å². The Balaban J connectivity index is 1.51. The Hall–Kier alpha value is -1.56. The third-order valence-electron chi connectivity index (χ3n) is 4.38. The highest BCUT2D eigenvalue weighted by Gasteiger charge is 2.20. The first-order chi connectivity index (χ1) is 12.0. The van der Waals surface area contributed by atoms with E-state index < -0.39 is 0 Å². The molecule has 1 aliphatic rings. The number of nitrogens with zero attached hydrogens (tertiary/aromatic N) is 2. The Bertz CT molecular complexity index is 743.